The van der Waals surface area contributed by atoms with Gasteiger partial charge in [0.05, 0.1) is 0 Å². The molecule has 0 aliphatic carbocycles. The molecule has 102 valence electrons. The third kappa shape index (κ3) is 5.57. The second-order valence-corrected chi connectivity index (χ2v) is 5.28. The molecule has 0 aliphatic rings. The highest BCUT2D eigenvalue weighted by Crippen LogP contribution is 2.29. The Balaban J connectivity index is 2.51. The number of phenolic OH excluding ortho intramolecular Hbond substituents is 1. The van der Waals surface area contributed by atoms with Crippen LogP contribution in [0.15, 0.2) is 24.3 Å². The fraction of sp³-hybridized carbons (Fsp3) is 0.647. The summed E-state index contributed by atoms with van der Waals surface area (Å²) >= 11 is 0. The number of hydrogen-bond donors (Lipinski definition) is 1. The molecule has 1 aromatic rings. The standard InChI is InChI=1S/C17H28O/c1-3-5-7-8-10-15(9-6-4-2)16-11-13-17(18)14-12-16/h11-15,18H,3-10H2,1-2H3. The monoisotopic (exact) mass is 248 g/mol. The second-order valence-electron chi connectivity index (χ2n) is 5.28. The Morgan fingerprint density at radius 1 is 0.833 bits per heavy atom. The molecule has 1 unspecified atom stereocenters. The molecule has 1 rings (SSSR count). The second kappa shape index (κ2) is 9.02. The molecular formula is C17H28O. The molecule has 0 amide bonds. The van der Waals surface area contributed by atoms with Gasteiger partial charge in [-0.05, 0) is 36.5 Å². The van der Waals surface area contributed by atoms with E-state index in [1.54, 1.807) is 0 Å². The first-order chi connectivity index (χ1) is 8.77. The van der Waals surface area contributed by atoms with Gasteiger partial charge in [-0.25, -0.2) is 0 Å². The molecule has 1 nitrogen and oxygen atoms in total. The van der Waals surface area contributed by atoms with Gasteiger partial charge in [0.25, 0.3) is 0 Å². The fourth-order valence-corrected chi connectivity index (χ4v) is 2.49. The summed E-state index contributed by atoms with van der Waals surface area (Å²) in [6.07, 6.45) is 10.5. The number of rotatable bonds is 9. The minimum atomic E-state index is 0.374. The van der Waals surface area contributed by atoms with Crippen LogP contribution in [0.3, 0.4) is 0 Å². The first-order valence-electron chi connectivity index (χ1n) is 7.56. The molecule has 0 saturated heterocycles. The SMILES string of the molecule is CCCCCCC(CCCC)c1ccc(O)cc1. The van der Waals surface area contributed by atoms with Crippen molar-refractivity contribution in [2.24, 2.45) is 0 Å². The molecule has 1 aromatic carbocycles. The minimum Gasteiger partial charge on any atom is -0.508 e. The molecule has 0 aliphatic heterocycles. The van der Waals surface area contributed by atoms with Crippen molar-refractivity contribution in [1.82, 2.24) is 0 Å². The number of unbranched alkanes of at least 4 members (excludes halogenated alkanes) is 4. The lowest BCUT2D eigenvalue weighted by molar-refractivity contribution is 0.473. The fourth-order valence-electron chi connectivity index (χ4n) is 2.49. The summed E-state index contributed by atoms with van der Waals surface area (Å²) in [6, 6.07) is 7.83. The molecule has 0 bridgehead atoms. The molecule has 0 saturated carbocycles. The Kier molecular flexibility index (Phi) is 7.55. The normalized spacial score (nSPS) is 12.6. The molecule has 0 spiro atoms. The van der Waals surface area contributed by atoms with Gasteiger partial charge in [-0.3, -0.25) is 0 Å². The number of benzene rings is 1. The van der Waals surface area contributed by atoms with E-state index in [0.29, 0.717) is 11.7 Å². The highest BCUT2D eigenvalue weighted by atomic mass is 16.3. The van der Waals surface area contributed by atoms with Crippen molar-refractivity contribution in [2.45, 2.75) is 71.1 Å². The van der Waals surface area contributed by atoms with Crippen LogP contribution in [0.4, 0.5) is 0 Å². The van der Waals surface area contributed by atoms with Crippen LogP contribution in [0.1, 0.15) is 76.7 Å². The minimum absolute atomic E-state index is 0.374. The summed E-state index contributed by atoms with van der Waals surface area (Å²) in [4.78, 5) is 0. The molecule has 0 heterocycles. The van der Waals surface area contributed by atoms with E-state index in [1.165, 1.54) is 56.9 Å². The summed E-state index contributed by atoms with van der Waals surface area (Å²) in [5.41, 5.74) is 1.40. The van der Waals surface area contributed by atoms with Gasteiger partial charge in [0.15, 0.2) is 0 Å². The third-order valence-corrected chi connectivity index (χ3v) is 3.68. The zero-order valence-electron chi connectivity index (χ0n) is 12.0. The van der Waals surface area contributed by atoms with Crippen molar-refractivity contribution in [3.8, 4) is 5.75 Å². The molecule has 1 atom stereocenters. The largest absolute Gasteiger partial charge is 0.508 e. The van der Waals surface area contributed by atoms with E-state index in [2.05, 4.69) is 26.0 Å². The molecule has 1 N–H and O–H groups in total. The zero-order valence-corrected chi connectivity index (χ0v) is 12.0. The first-order valence-corrected chi connectivity index (χ1v) is 7.56. The summed E-state index contributed by atoms with van der Waals surface area (Å²) < 4.78 is 0. The van der Waals surface area contributed by atoms with Crippen LogP contribution in [0.2, 0.25) is 0 Å². The van der Waals surface area contributed by atoms with Gasteiger partial charge in [0.1, 0.15) is 5.75 Å². The Morgan fingerprint density at radius 2 is 1.44 bits per heavy atom. The van der Waals surface area contributed by atoms with Crippen LogP contribution in [0.5, 0.6) is 5.75 Å². The van der Waals surface area contributed by atoms with E-state index in [9.17, 15) is 5.11 Å². The van der Waals surface area contributed by atoms with Crippen molar-refractivity contribution in [3.05, 3.63) is 29.8 Å². The van der Waals surface area contributed by atoms with Crippen LogP contribution in [-0.4, -0.2) is 5.11 Å². The highest BCUT2D eigenvalue weighted by Gasteiger charge is 2.10. The van der Waals surface area contributed by atoms with Gasteiger partial charge in [-0.2, -0.15) is 0 Å². The zero-order chi connectivity index (χ0) is 13.2. The van der Waals surface area contributed by atoms with Crippen LogP contribution < -0.4 is 0 Å². The topological polar surface area (TPSA) is 20.2 Å². The quantitative estimate of drug-likeness (QED) is 0.561. The van der Waals surface area contributed by atoms with Crippen molar-refractivity contribution in [1.29, 1.82) is 0 Å². The first kappa shape index (κ1) is 15.1. The molecular weight excluding hydrogens is 220 g/mol. The maximum Gasteiger partial charge on any atom is 0.115 e. The van der Waals surface area contributed by atoms with Crippen molar-refractivity contribution in [3.63, 3.8) is 0 Å². The van der Waals surface area contributed by atoms with Gasteiger partial charge >= 0.3 is 0 Å². The van der Waals surface area contributed by atoms with Gasteiger partial charge in [0, 0.05) is 0 Å². The van der Waals surface area contributed by atoms with Gasteiger partial charge in [-0.1, -0.05) is 64.5 Å². The van der Waals surface area contributed by atoms with Gasteiger partial charge in [-0.15, -0.1) is 0 Å². The number of aromatic hydroxyl groups is 1. The van der Waals surface area contributed by atoms with Crippen molar-refractivity contribution in [2.75, 3.05) is 0 Å². The van der Waals surface area contributed by atoms with E-state index in [0.717, 1.165) is 0 Å². The number of hydrogen-bond acceptors (Lipinski definition) is 1. The van der Waals surface area contributed by atoms with E-state index in [-0.39, 0.29) is 0 Å². The van der Waals surface area contributed by atoms with Gasteiger partial charge < -0.3 is 5.11 Å². The average molecular weight is 248 g/mol. The van der Waals surface area contributed by atoms with Crippen molar-refractivity contribution >= 4 is 0 Å². The van der Waals surface area contributed by atoms with Crippen LogP contribution >= 0.6 is 0 Å². The Labute approximate surface area is 112 Å². The maximum absolute atomic E-state index is 9.36. The molecule has 0 aromatic heterocycles. The summed E-state index contributed by atoms with van der Waals surface area (Å²) in [5.74, 6) is 1.06. The van der Waals surface area contributed by atoms with E-state index < -0.39 is 0 Å². The highest BCUT2D eigenvalue weighted by molar-refractivity contribution is 5.28. The molecule has 1 heteroatoms. The Morgan fingerprint density at radius 3 is 2.06 bits per heavy atom. The molecule has 0 radical (unpaired) electrons. The van der Waals surface area contributed by atoms with Crippen LogP contribution in [-0.2, 0) is 0 Å². The van der Waals surface area contributed by atoms with E-state index in [1.807, 2.05) is 12.1 Å². The predicted molar refractivity (Wildman–Crippen MR) is 79.1 cm³/mol. The van der Waals surface area contributed by atoms with Crippen LogP contribution in [0, 0.1) is 0 Å². The average Bonchev–Trinajstić information content (AvgIpc) is 2.39. The summed E-state index contributed by atoms with van der Waals surface area (Å²) in [5, 5.41) is 9.36. The van der Waals surface area contributed by atoms with Crippen LogP contribution in [0.25, 0.3) is 0 Å². The lowest BCUT2D eigenvalue weighted by atomic mass is 9.88. The van der Waals surface area contributed by atoms with E-state index >= 15 is 0 Å². The lowest BCUT2D eigenvalue weighted by Crippen LogP contribution is -1.99. The Bertz CT molecular complexity index is 302. The maximum atomic E-state index is 9.36. The predicted octanol–water partition coefficient (Wildman–Crippen LogP) is 5.64. The number of phenols is 1. The van der Waals surface area contributed by atoms with E-state index in [4.69, 9.17) is 0 Å². The molecule has 18 heavy (non-hydrogen) atoms. The smallest absolute Gasteiger partial charge is 0.115 e. The lowest BCUT2D eigenvalue weighted by Gasteiger charge is -2.17. The van der Waals surface area contributed by atoms with Gasteiger partial charge in [0.2, 0.25) is 0 Å². The summed E-state index contributed by atoms with van der Waals surface area (Å²) in [6.45, 7) is 4.51. The Hall–Kier alpha value is -0.980. The van der Waals surface area contributed by atoms with Crippen molar-refractivity contribution < 1.29 is 5.11 Å². The summed E-state index contributed by atoms with van der Waals surface area (Å²) in [7, 11) is 0. The third-order valence-electron chi connectivity index (χ3n) is 3.68. The molecule has 0 fully saturated rings.